The summed E-state index contributed by atoms with van der Waals surface area (Å²) in [6, 6.07) is 40.0. The van der Waals surface area contributed by atoms with Crippen LogP contribution in [0.25, 0.3) is 66.0 Å². The normalized spacial score (nSPS) is 15.5. The highest BCUT2D eigenvalue weighted by molar-refractivity contribution is 6.12. The molecular formula is C37H28N2. The number of hydrogen-bond donors (Lipinski definition) is 1. The van der Waals surface area contributed by atoms with Gasteiger partial charge < -0.3 is 9.55 Å². The zero-order chi connectivity index (χ0) is 25.9. The van der Waals surface area contributed by atoms with Crippen molar-refractivity contribution in [3.8, 4) is 16.8 Å². The number of aromatic amines is 1. The molecule has 0 fully saturated rings. The Balaban J connectivity index is 1.30. The van der Waals surface area contributed by atoms with Crippen molar-refractivity contribution >= 4 is 49.2 Å². The maximum Gasteiger partial charge on any atom is 0.0541 e. The summed E-state index contributed by atoms with van der Waals surface area (Å²) in [5, 5.41) is 5.09. The van der Waals surface area contributed by atoms with Crippen molar-refractivity contribution in [2.24, 2.45) is 5.92 Å². The number of para-hydroxylation sites is 2. The van der Waals surface area contributed by atoms with Gasteiger partial charge in [0.25, 0.3) is 0 Å². The molecule has 2 nitrogen and oxygen atoms in total. The Morgan fingerprint density at radius 1 is 0.615 bits per heavy atom. The first kappa shape index (κ1) is 22.2. The summed E-state index contributed by atoms with van der Waals surface area (Å²) < 4.78 is 2.41. The van der Waals surface area contributed by atoms with E-state index >= 15 is 0 Å². The highest BCUT2D eigenvalue weighted by atomic mass is 15.0. The molecule has 0 saturated heterocycles. The molecule has 1 aliphatic carbocycles. The monoisotopic (exact) mass is 500 g/mol. The van der Waals surface area contributed by atoms with Crippen LogP contribution >= 0.6 is 0 Å². The molecule has 39 heavy (non-hydrogen) atoms. The number of aromatic nitrogens is 2. The molecular weight excluding hydrogens is 472 g/mol. The molecule has 0 aliphatic heterocycles. The van der Waals surface area contributed by atoms with Gasteiger partial charge in [0.05, 0.1) is 11.0 Å². The minimum absolute atomic E-state index is 0.611. The van der Waals surface area contributed by atoms with Crippen LogP contribution in [-0.2, 0) is 0 Å². The molecule has 2 heteroatoms. The molecule has 1 atom stereocenters. The second-order valence-electron chi connectivity index (χ2n) is 10.8. The van der Waals surface area contributed by atoms with Crippen molar-refractivity contribution in [1.82, 2.24) is 9.55 Å². The number of allylic oxidation sites excluding steroid dienone is 4. The minimum atomic E-state index is 0.611. The standard InChI is InChI=1S/C37H28N2/c1-24-13-15-25(16-14-24)26-7-6-8-29(21-26)39-36-12-5-3-10-31(36)33-23-28(18-20-37(33)39)27-17-19-35-32(22-27)30-9-2-4-11-34(30)38-35/h2-13,15-24,38H,14H2,1H3. The third-order valence-electron chi connectivity index (χ3n) is 8.26. The lowest BCUT2D eigenvalue weighted by molar-refractivity contribution is 0.739. The maximum absolute atomic E-state index is 3.55. The van der Waals surface area contributed by atoms with Crippen LogP contribution in [0.1, 0.15) is 18.9 Å². The fourth-order valence-electron chi connectivity index (χ4n) is 6.22. The molecule has 0 spiro atoms. The van der Waals surface area contributed by atoms with Gasteiger partial charge in [0.2, 0.25) is 0 Å². The summed E-state index contributed by atoms with van der Waals surface area (Å²) in [5.74, 6) is 0.611. The molecule has 1 aliphatic rings. The van der Waals surface area contributed by atoms with E-state index in [2.05, 4.69) is 144 Å². The molecule has 1 unspecified atom stereocenters. The number of H-pyrrole nitrogens is 1. The Hall–Kier alpha value is -4.82. The van der Waals surface area contributed by atoms with Crippen LogP contribution in [0.5, 0.6) is 0 Å². The fourth-order valence-corrected chi connectivity index (χ4v) is 6.22. The summed E-state index contributed by atoms with van der Waals surface area (Å²) in [4.78, 5) is 3.55. The highest BCUT2D eigenvalue weighted by Crippen LogP contribution is 2.37. The first-order valence-corrected chi connectivity index (χ1v) is 13.8. The largest absolute Gasteiger partial charge is 0.355 e. The number of fused-ring (bicyclic) bond motifs is 6. The number of rotatable bonds is 3. The molecule has 7 aromatic rings. The van der Waals surface area contributed by atoms with Gasteiger partial charge in [0, 0.05) is 38.3 Å². The van der Waals surface area contributed by atoms with Crippen LogP contribution < -0.4 is 0 Å². The average molecular weight is 501 g/mol. The predicted octanol–water partition coefficient (Wildman–Crippen LogP) is 10.1. The summed E-state index contributed by atoms with van der Waals surface area (Å²) >= 11 is 0. The summed E-state index contributed by atoms with van der Waals surface area (Å²) in [5.41, 5.74) is 11.1. The second-order valence-corrected chi connectivity index (χ2v) is 10.8. The zero-order valence-corrected chi connectivity index (χ0v) is 21.9. The van der Waals surface area contributed by atoms with E-state index in [1.54, 1.807) is 0 Å². The van der Waals surface area contributed by atoms with E-state index in [0.717, 1.165) is 6.42 Å². The third-order valence-corrected chi connectivity index (χ3v) is 8.26. The SMILES string of the molecule is CC1C=CC(c2cccc(-n3c4ccccc4c4cc(-c5ccc6[nH]c7ccccc7c6c5)ccc43)c2)=CC1. The van der Waals surface area contributed by atoms with Crippen LogP contribution in [-0.4, -0.2) is 9.55 Å². The zero-order valence-electron chi connectivity index (χ0n) is 21.9. The van der Waals surface area contributed by atoms with E-state index in [-0.39, 0.29) is 0 Å². The fraction of sp³-hybridized carbons (Fsp3) is 0.0811. The first-order chi connectivity index (χ1) is 19.2. The molecule has 0 amide bonds. The van der Waals surface area contributed by atoms with E-state index in [1.165, 1.54) is 71.6 Å². The molecule has 8 rings (SSSR count). The molecule has 0 bridgehead atoms. The first-order valence-electron chi connectivity index (χ1n) is 13.8. The Labute approximate surface area is 227 Å². The van der Waals surface area contributed by atoms with Gasteiger partial charge in [0.15, 0.2) is 0 Å². The lowest BCUT2D eigenvalue weighted by atomic mass is 9.94. The topological polar surface area (TPSA) is 20.7 Å². The molecule has 2 aromatic heterocycles. The second kappa shape index (κ2) is 8.61. The third kappa shape index (κ3) is 3.56. The van der Waals surface area contributed by atoms with Crippen LogP contribution in [0.3, 0.4) is 0 Å². The van der Waals surface area contributed by atoms with Crippen LogP contribution in [0.4, 0.5) is 0 Å². The Kier molecular flexibility index (Phi) is 4.90. The van der Waals surface area contributed by atoms with Gasteiger partial charge in [-0.15, -0.1) is 0 Å². The minimum Gasteiger partial charge on any atom is -0.355 e. The molecule has 186 valence electrons. The Morgan fingerprint density at radius 3 is 2.23 bits per heavy atom. The average Bonchev–Trinajstić information content (AvgIpc) is 3.52. The molecule has 0 radical (unpaired) electrons. The van der Waals surface area contributed by atoms with Gasteiger partial charge in [-0.25, -0.2) is 0 Å². The van der Waals surface area contributed by atoms with Crippen LogP contribution in [0.15, 0.2) is 127 Å². The van der Waals surface area contributed by atoms with E-state index in [9.17, 15) is 0 Å². The van der Waals surface area contributed by atoms with Gasteiger partial charge in [-0.05, 0) is 83.1 Å². The van der Waals surface area contributed by atoms with E-state index < -0.39 is 0 Å². The molecule has 5 aromatic carbocycles. The van der Waals surface area contributed by atoms with Crippen LogP contribution in [0.2, 0.25) is 0 Å². The Bertz CT molecular complexity index is 2110. The van der Waals surface area contributed by atoms with Crippen LogP contribution in [0, 0.1) is 5.92 Å². The number of hydrogen-bond acceptors (Lipinski definition) is 0. The number of benzene rings is 5. The van der Waals surface area contributed by atoms with Crippen molar-refractivity contribution in [3.63, 3.8) is 0 Å². The molecule has 1 N–H and O–H groups in total. The summed E-state index contributed by atoms with van der Waals surface area (Å²) in [6.07, 6.45) is 8.05. The van der Waals surface area contributed by atoms with Gasteiger partial charge in [-0.3, -0.25) is 0 Å². The summed E-state index contributed by atoms with van der Waals surface area (Å²) in [7, 11) is 0. The summed E-state index contributed by atoms with van der Waals surface area (Å²) in [6.45, 7) is 2.27. The van der Waals surface area contributed by atoms with Crippen molar-refractivity contribution in [2.75, 3.05) is 0 Å². The van der Waals surface area contributed by atoms with Gasteiger partial charge in [-0.1, -0.05) is 85.8 Å². The number of nitrogens with one attached hydrogen (secondary N) is 1. The number of nitrogens with zero attached hydrogens (tertiary/aromatic N) is 1. The Morgan fingerprint density at radius 2 is 1.36 bits per heavy atom. The van der Waals surface area contributed by atoms with Crippen molar-refractivity contribution in [3.05, 3.63) is 133 Å². The van der Waals surface area contributed by atoms with Crippen molar-refractivity contribution in [1.29, 1.82) is 0 Å². The lowest BCUT2D eigenvalue weighted by Crippen LogP contribution is -1.97. The van der Waals surface area contributed by atoms with E-state index in [0.29, 0.717) is 5.92 Å². The maximum atomic E-state index is 3.55. The van der Waals surface area contributed by atoms with E-state index in [1.807, 2.05) is 0 Å². The molecule has 2 heterocycles. The predicted molar refractivity (Wildman–Crippen MR) is 166 cm³/mol. The van der Waals surface area contributed by atoms with Gasteiger partial charge >= 0.3 is 0 Å². The quantitative estimate of drug-likeness (QED) is 0.249. The van der Waals surface area contributed by atoms with Gasteiger partial charge in [-0.2, -0.15) is 0 Å². The van der Waals surface area contributed by atoms with Crippen molar-refractivity contribution in [2.45, 2.75) is 13.3 Å². The van der Waals surface area contributed by atoms with Crippen molar-refractivity contribution < 1.29 is 0 Å². The molecule has 0 saturated carbocycles. The van der Waals surface area contributed by atoms with E-state index in [4.69, 9.17) is 0 Å². The highest BCUT2D eigenvalue weighted by Gasteiger charge is 2.15. The van der Waals surface area contributed by atoms with Gasteiger partial charge in [0.1, 0.15) is 0 Å². The smallest absolute Gasteiger partial charge is 0.0541 e. The lowest BCUT2D eigenvalue weighted by Gasteiger charge is -2.14.